The fraction of sp³-hybridized carbons (Fsp3) is 1.00. The predicted molar refractivity (Wildman–Crippen MR) is 59.0 cm³/mol. The van der Waals surface area contributed by atoms with E-state index in [2.05, 4.69) is 23.8 Å². The topological polar surface area (TPSA) is 12.0 Å². The zero-order valence-corrected chi connectivity index (χ0v) is 9.02. The largest absolute Gasteiger partial charge is 0.267 e. The molecule has 68 valence electrons. The lowest BCUT2D eigenvalue weighted by molar-refractivity contribution is 0.778. The number of thiol groups is 1. The van der Waals surface area contributed by atoms with Crippen LogP contribution in [0.25, 0.3) is 0 Å². The number of unbranched alkanes of at least 4 members (excludes halogenated alkanes) is 1. The molecule has 0 aromatic heterocycles. The molecule has 1 aliphatic rings. The van der Waals surface area contributed by atoms with Crippen LogP contribution in [0.2, 0.25) is 0 Å². The van der Waals surface area contributed by atoms with Crippen LogP contribution in [-0.2, 0) is 0 Å². The van der Waals surface area contributed by atoms with E-state index in [4.69, 9.17) is 0 Å². The van der Waals surface area contributed by atoms with E-state index in [1.54, 1.807) is 11.5 Å². The third kappa shape index (κ3) is 3.26. The predicted octanol–water partition coefficient (Wildman–Crippen LogP) is 2.04. The molecule has 1 saturated heterocycles. The van der Waals surface area contributed by atoms with Gasteiger partial charge in [0.25, 0.3) is 0 Å². The molecule has 0 aromatic carbocycles. The molecular weight excluding hydrogens is 174 g/mol. The average Bonchev–Trinajstić information content (AvgIpc) is 1.95. The van der Waals surface area contributed by atoms with Crippen LogP contribution in [0, 0.1) is 0 Å². The highest BCUT2D eigenvalue weighted by Crippen LogP contribution is 2.53. The first kappa shape index (κ1) is 9.75. The maximum absolute atomic E-state index is 3.96. The van der Waals surface area contributed by atoms with Crippen molar-refractivity contribution in [2.45, 2.75) is 19.3 Å². The smallest absolute Gasteiger partial charge is 0.00564 e. The van der Waals surface area contributed by atoms with Gasteiger partial charge in [-0.25, -0.2) is 10.0 Å². The summed E-state index contributed by atoms with van der Waals surface area (Å²) in [6, 6.07) is 0. The van der Waals surface area contributed by atoms with E-state index in [-0.39, 0.29) is 10.0 Å². The Labute approximate surface area is 77.2 Å². The lowest BCUT2D eigenvalue weighted by atomic mass is 10.3. The Balaban J connectivity index is 1.94. The third-order valence-corrected chi connectivity index (χ3v) is 6.50. The van der Waals surface area contributed by atoms with E-state index in [1.165, 1.54) is 25.0 Å². The lowest BCUT2D eigenvalue weighted by Crippen LogP contribution is -2.23. The fourth-order valence-electron chi connectivity index (χ4n) is 1.50. The highest BCUT2D eigenvalue weighted by molar-refractivity contribution is 8.34. The molecular formula is C8H19NS2. The van der Waals surface area contributed by atoms with Crippen molar-refractivity contribution in [3.05, 3.63) is 0 Å². The molecule has 0 unspecified atom stereocenters. The molecule has 1 nitrogen and oxygen atoms in total. The van der Waals surface area contributed by atoms with Gasteiger partial charge in [0, 0.05) is 6.54 Å². The molecule has 0 atom stereocenters. The molecule has 11 heavy (non-hydrogen) atoms. The van der Waals surface area contributed by atoms with E-state index in [9.17, 15) is 0 Å². The first-order valence-corrected chi connectivity index (χ1v) is 7.35. The zero-order chi connectivity index (χ0) is 8.16. The van der Waals surface area contributed by atoms with Crippen LogP contribution >= 0.6 is 22.8 Å². The average molecular weight is 193 g/mol. The monoisotopic (exact) mass is 193 g/mol. The van der Waals surface area contributed by atoms with Crippen molar-refractivity contribution in [1.29, 1.82) is 0 Å². The normalized spacial score (nSPS) is 24.2. The third-order valence-electron chi connectivity index (χ3n) is 2.45. The first-order chi connectivity index (χ1) is 5.27. The summed E-state index contributed by atoms with van der Waals surface area (Å²) >= 11 is 3.96. The summed E-state index contributed by atoms with van der Waals surface area (Å²) in [7, 11) is -0.0721. The van der Waals surface area contributed by atoms with Crippen molar-refractivity contribution in [3.8, 4) is 0 Å². The Morgan fingerprint density at radius 1 is 1.36 bits per heavy atom. The van der Waals surface area contributed by atoms with Crippen molar-refractivity contribution in [2.24, 2.45) is 0 Å². The second-order valence-corrected chi connectivity index (χ2v) is 8.06. The molecule has 0 radical (unpaired) electrons. The van der Waals surface area contributed by atoms with Gasteiger partial charge in [-0.1, -0.05) is 12.8 Å². The second kappa shape index (κ2) is 4.63. The molecule has 3 heteroatoms. The van der Waals surface area contributed by atoms with Gasteiger partial charge in [-0.2, -0.15) is 0 Å². The molecule has 1 rings (SSSR count). The quantitative estimate of drug-likeness (QED) is 0.503. The van der Waals surface area contributed by atoms with Crippen LogP contribution in [0.4, 0.5) is 0 Å². The minimum absolute atomic E-state index is 0.0721. The van der Waals surface area contributed by atoms with Crippen molar-refractivity contribution in [1.82, 2.24) is 4.72 Å². The standard InChI is InChI=1S/C8H19NS2/c1-11(7-4-8-11)6-3-2-5-9-10/h9-10H,2-8H2,1H3. The van der Waals surface area contributed by atoms with Crippen LogP contribution in [0.15, 0.2) is 0 Å². The molecule has 1 N–H and O–H groups in total. The van der Waals surface area contributed by atoms with Gasteiger partial charge < -0.3 is 0 Å². The minimum atomic E-state index is -0.0721. The number of hydrogen-bond donors (Lipinski definition) is 2. The summed E-state index contributed by atoms with van der Waals surface area (Å²) < 4.78 is 2.89. The Morgan fingerprint density at radius 2 is 2.09 bits per heavy atom. The maximum Gasteiger partial charge on any atom is 0.00564 e. The molecule has 0 amide bonds. The zero-order valence-electron chi connectivity index (χ0n) is 7.31. The molecule has 0 bridgehead atoms. The van der Waals surface area contributed by atoms with Crippen LogP contribution in [0.1, 0.15) is 19.3 Å². The van der Waals surface area contributed by atoms with E-state index in [0.717, 1.165) is 6.54 Å². The fourth-order valence-corrected chi connectivity index (χ4v) is 4.24. The molecule has 0 aromatic rings. The van der Waals surface area contributed by atoms with E-state index >= 15 is 0 Å². The maximum atomic E-state index is 3.96. The Bertz CT molecular complexity index is 113. The Kier molecular flexibility index (Phi) is 4.10. The summed E-state index contributed by atoms with van der Waals surface area (Å²) in [5, 5.41) is 0. The summed E-state index contributed by atoms with van der Waals surface area (Å²) in [4.78, 5) is 0. The van der Waals surface area contributed by atoms with Gasteiger partial charge in [0.15, 0.2) is 0 Å². The van der Waals surface area contributed by atoms with Crippen molar-refractivity contribution < 1.29 is 0 Å². The Morgan fingerprint density at radius 3 is 2.55 bits per heavy atom. The molecule has 0 aliphatic carbocycles. The second-order valence-electron chi connectivity index (χ2n) is 3.56. The molecule has 0 spiro atoms. The SMILES string of the molecule is CS1(CCCCNS)CCC1. The highest BCUT2D eigenvalue weighted by Gasteiger charge is 2.24. The number of rotatable bonds is 5. The molecule has 1 heterocycles. The van der Waals surface area contributed by atoms with Gasteiger partial charge in [0.1, 0.15) is 0 Å². The van der Waals surface area contributed by atoms with E-state index in [1.807, 2.05) is 0 Å². The minimum Gasteiger partial charge on any atom is -0.267 e. The number of nitrogens with one attached hydrogen (secondary N) is 1. The van der Waals surface area contributed by atoms with Crippen molar-refractivity contribution >= 4 is 22.8 Å². The van der Waals surface area contributed by atoms with Gasteiger partial charge in [-0.05, 0) is 42.8 Å². The molecule has 0 saturated carbocycles. The van der Waals surface area contributed by atoms with Crippen molar-refractivity contribution in [2.75, 3.05) is 30.1 Å². The Hall–Kier alpha value is 0.660. The van der Waals surface area contributed by atoms with Gasteiger partial charge in [-0.15, -0.1) is 0 Å². The summed E-state index contributed by atoms with van der Waals surface area (Å²) in [5.41, 5.74) is 0. The van der Waals surface area contributed by atoms with Gasteiger partial charge in [0.05, 0.1) is 0 Å². The first-order valence-electron chi connectivity index (χ1n) is 4.35. The van der Waals surface area contributed by atoms with Gasteiger partial charge in [-0.3, -0.25) is 4.72 Å². The van der Waals surface area contributed by atoms with Crippen LogP contribution in [0.3, 0.4) is 0 Å². The van der Waals surface area contributed by atoms with Gasteiger partial charge >= 0.3 is 0 Å². The molecule has 1 aliphatic heterocycles. The van der Waals surface area contributed by atoms with E-state index < -0.39 is 0 Å². The summed E-state index contributed by atoms with van der Waals surface area (Å²) in [6.07, 6.45) is 6.70. The number of hydrogen-bond acceptors (Lipinski definition) is 2. The van der Waals surface area contributed by atoms with Gasteiger partial charge in [0.2, 0.25) is 0 Å². The molecule has 1 fully saturated rings. The lowest BCUT2D eigenvalue weighted by Gasteiger charge is -2.44. The van der Waals surface area contributed by atoms with Crippen molar-refractivity contribution in [3.63, 3.8) is 0 Å². The van der Waals surface area contributed by atoms with Crippen LogP contribution in [-0.4, -0.2) is 30.1 Å². The van der Waals surface area contributed by atoms with Crippen LogP contribution in [0.5, 0.6) is 0 Å². The van der Waals surface area contributed by atoms with E-state index in [0.29, 0.717) is 0 Å². The summed E-state index contributed by atoms with van der Waals surface area (Å²) in [6.45, 7) is 1.07. The highest BCUT2D eigenvalue weighted by atomic mass is 32.3. The summed E-state index contributed by atoms with van der Waals surface area (Å²) in [5.74, 6) is 4.59. The van der Waals surface area contributed by atoms with Crippen LogP contribution < -0.4 is 4.72 Å².